The van der Waals surface area contributed by atoms with E-state index in [1.165, 1.54) is 6.07 Å². The summed E-state index contributed by atoms with van der Waals surface area (Å²) >= 11 is 3.20. The Morgan fingerprint density at radius 1 is 1.27 bits per heavy atom. The summed E-state index contributed by atoms with van der Waals surface area (Å²) < 4.78 is 38.1. The fourth-order valence-corrected chi connectivity index (χ4v) is 2.43. The summed E-state index contributed by atoms with van der Waals surface area (Å²) in [5.74, 6) is 0. The SMILES string of the molecule is FC(F)(F)c1cc(Br)c2c(c1)CNCC2. The minimum absolute atomic E-state index is 0.512. The van der Waals surface area contributed by atoms with Crippen LogP contribution in [-0.4, -0.2) is 6.54 Å². The van der Waals surface area contributed by atoms with Crippen molar-refractivity contribution in [3.8, 4) is 0 Å². The van der Waals surface area contributed by atoms with Crippen LogP contribution < -0.4 is 5.32 Å². The standard InChI is InChI=1S/C10H9BrF3N/c11-9-4-7(10(12,13)14)3-6-5-15-2-1-8(6)9/h3-4,15H,1-2,5H2. The zero-order valence-corrected chi connectivity index (χ0v) is 9.37. The van der Waals surface area contributed by atoms with E-state index in [-0.39, 0.29) is 0 Å². The van der Waals surface area contributed by atoms with E-state index in [9.17, 15) is 13.2 Å². The van der Waals surface area contributed by atoms with Gasteiger partial charge in [0.15, 0.2) is 0 Å². The van der Waals surface area contributed by atoms with Gasteiger partial charge in [-0.15, -0.1) is 0 Å². The molecule has 15 heavy (non-hydrogen) atoms. The normalized spacial score (nSPS) is 16.3. The lowest BCUT2D eigenvalue weighted by Gasteiger charge is -2.20. The molecule has 0 aliphatic carbocycles. The summed E-state index contributed by atoms with van der Waals surface area (Å²) in [4.78, 5) is 0. The van der Waals surface area contributed by atoms with Gasteiger partial charge >= 0.3 is 6.18 Å². The molecule has 0 amide bonds. The van der Waals surface area contributed by atoms with Crippen molar-refractivity contribution < 1.29 is 13.2 Å². The fraction of sp³-hybridized carbons (Fsp3) is 0.400. The van der Waals surface area contributed by atoms with Crippen LogP contribution in [0.25, 0.3) is 0 Å². The van der Waals surface area contributed by atoms with E-state index in [1.807, 2.05) is 0 Å². The van der Waals surface area contributed by atoms with E-state index in [0.717, 1.165) is 30.2 Å². The molecule has 0 spiro atoms. The Hall–Kier alpha value is -0.550. The molecule has 0 saturated carbocycles. The lowest BCUT2D eigenvalue weighted by atomic mass is 9.98. The molecular formula is C10H9BrF3N. The van der Waals surface area contributed by atoms with E-state index in [0.29, 0.717) is 11.0 Å². The topological polar surface area (TPSA) is 12.0 Å². The zero-order valence-electron chi connectivity index (χ0n) is 7.79. The first-order chi connectivity index (χ1) is 6.98. The average molecular weight is 280 g/mol. The molecule has 1 aromatic rings. The fourth-order valence-electron chi connectivity index (χ4n) is 1.73. The second-order valence-corrected chi connectivity index (χ2v) is 4.37. The molecule has 0 bridgehead atoms. The van der Waals surface area contributed by atoms with Crippen LogP contribution in [-0.2, 0) is 19.1 Å². The van der Waals surface area contributed by atoms with Crippen LogP contribution in [0.5, 0.6) is 0 Å². The summed E-state index contributed by atoms with van der Waals surface area (Å²) in [6.07, 6.45) is -3.50. The van der Waals surface area contributed by atoms with Crippen molar-refractivity contribution in [3.05, 3.63) is 33.3 Å². The van der Waals surface area contributed by atoms with Gasteiger partial charge in [0.25, 0.3) is 0 Å². The molecule has 0 saturated heterocycles. The molecule has 1 aromatic carbocycles. The number of benzene rings is 1. The van der Waals surface area contributed by atoms with Crippen LogP contribution in [0.4, 0.5) is 13.2 Å². The number of halogens is 4. The van der Waals surface area contributed by atoms with Crippen LogP contribution in [0.2, 0.25) is 0 Å². The molecule has 1 nitrogen and oxygen atoms in total. The second kappa shape index (κ2) is 3.79. The van der Waals surface area contributed by atoms with Gasteiger partial charge in [-0.05, 0) is 36.2 Å². The van der Waals surface area contributed by atoms with Crippen molar-refractivity contribution in [2.75, 3.05) is 6.54 Å². The van der Waals surface area contributed by atoms with E-state index in [2.05, 4.69) is 21.2 Å². The monoisotopic (exact) mass is 279 g/mol. The Morgan fingerprint density at radius 2 is 2.00 bits per heavy atom. The molecule has 1 N–H and O–H groups in total. The lowest BCUT2D eigenvalue weighted by Crippen LogP contribution is -2.24. The van der Waals surface area contributed by atoms with Gasteiger partial charge < -0.3 is 5.32 Å². The van der Waals surface area contributed by atoms with Crippen molar-refractivity contribution in [1.29, 1.82) is 0 Å². The number of nitrogens with one attached hydrogen (secondary N) is 1. The first kappa shape index (κ1) is 11.0. The maximum Gasteiger partial charge on any atom is 0.416 e. The highest BCUT2D eigenvalue weighted by molar-refractivity contribution is 9.10. The molecule has 0 unspecified atom stereocenters. The molecular weight excluding hydrogens is 271 g/mol. The third kappa shape index (κ3) is 2.18. The van der Waals surface area contributed by atoms with Gasteiger partial charge in [-0.25, -0.2) is 0 Å². The maximum atomic E-state index is 12.5. The zero-order chi connectivity index (χ0) is 11.1. The largest absolute Gasteiger partial charge is 0.416 e. The average Bonchev–Trinajstić information content (AvgIpc) is 2.16. The Balaban J connectivity index is 2.50. The number of fused-ring (bicyclic) bond motifs is 1. The van der Waals surface area contributed by atoms with Crippen LogP contribution in [0.15, 0.2) is 16.6 Å². The first-order valence-electron chi connectivity index (χ1n) is 4.57. The second-order valence-electron chi connectivity index (χ2n) is 3.52. The summed E-state index contributed by atoms with van der Waals surface area (Å²) in [5.41, 5.74) is 1.14. The molecule has 0 atom stereocenters. The summed E-state index contributed by atoms with van der Waals surface area (Å²) in [6, 6.07) is 2.39. The first-order valence-corrected chi connectivity index (χ1v) is 5.37. The van der Waals surface area contributed by atoms with Crippen LogP contribution in [0.3, 0.4) is 0 Å². The molecule has 0 aromatic heterocycles. The van der Waals surface area contributed by atoms with E-state index < -0.39 is 11.7 Å². The lowest BCUT2D eigenvalue weighted by molar-refractivity contribution is -0.137. The highest BCUT2D eigenvalue weighted by Gasteiger charge is 2.32. The molecule has 1 aliphatic rings. The predicted octanol–water partition coefficient (Wildman–Crippen LogP) is 3.11. The van der Waals surface area contributed by atoms with Crippen LogP contribution in [0, 0.1) is 0 Å². The minimum atomic E-state index is -4.27. The third-order valence-electron chi connectivity index (χ3n) is 2.48. The van der Waals surface area contributed by atoms with Crippen molar-refractivity contribution in [1.82, 2.24) is 5.32 Å². The number of hydrogen-bond donors (Lipinski definition) is 1. The number of hydrogen-bond acceptors (Lipinski definition) is 1. The Labute approximate surface area is 93.8 Å². The highest BCUT2D eigenvalue weighted by atomic mass is 79.9. The highest BCUT2D eigenvalue weighted by Crippen LogP contribution is 2.34. The Morgan fingerprint density at radius 3 is 2.67 bits per heavy atom. The van der Waals surface area contributed by atoms with Crippen LogP contribution in [0.1, 0.15) is 16.7 Å². The van der Waals surface area contributed by atoms with Gasteiger partial charge in [0, 0.05) is 11.0 Å². The van der Waals surface area contributed by atoms with Gasteiger partial charge in [0.05, 0.1) is 5.56 Å². The summed E-state index contributed by atoms with van der Waals surface area (Å²) in [6.45, 7) is 1.33. The smallest absolute Gasteiger partial charge is 0.312 e. The van der Waals surface area contributed by atoms with Gasteiger partial charge in [-0.2, -0.15) is 13.2 Å². The number of alkyl halides is 3. The van der Waals surface area contributed by atoms with Crippen molar-refractivity contribution >= 4 is 15.9 Å². The molecule has 1 heterocycles. The van der Waals surface area contributed by atoms with E-state index in [1.54, 1.807) is 0 Å². The molecule has 0 fully saturated rings. The minimum Gasteiger partial charge on any atom is -0.312 e. The third-order valence-corrected chi connectivity index (χ3v) is 3.19. The molecule has 5 heteroatoms. The van der Waals surface area contributed by atoms with Crippen LogP contribution >= 0.6 is 15.9 Å². The van der Waals surface area contributed by atoms with Gasteiger partial charge in [0.2, 0.25) is 0 Å². The van der Waals surface area contributed by atoms with Crippen molar-refractivity contribution in [2.24, 2.45) is 0 Å². The van der Waals surface area contributed by atoms with E-state index in [4.69, 9.17) is 0 Å². The molecule has 82 valence electrons. The Kier molecular flexibility index (Phi) is 2.77. The molecule has 1 aliphatic heterocycles. The van der Waals surface area contributed by atoms with E-state index >= 15 is 0 Å². The van der Waals surface area contributed by atoms with Crippen molar-refractivity contribution in [2.45, 2.75) is 19.1 Å². The van der Waals surface area contributed by atoms with Gasteiger partial charge in [0.1, 0.15) is 0 Å². The number of rotatable bonds is 0. The summed E-state index contributed by atoms with van der Waals surface area (Å²) in [5, 5.41) is 3.06. The van der Waals surface area contributed by atoms with Gasteiger partial charge in [-0.3, -0.25) is 0 Å². The summed E-state index contributed by atoms with van der Waals surface area (Å²) in [7, 11) is 0. The quantitative estimate of drug-likeness (QED) is 0.770. The molecule has 0 radical (unpaired) electrons. The Bertz CT molecular complexity index is 387. The predicted molar refractivity (Wildman–Crippen MR) is 54.6 cm³/mol. The molecule has 2 rings (SSSR count). The van der Waals surface area contributed by atoms with Crippen molar-refractivity contribution in [3.63, 3.8) is 0 Å². The van der Waals surface area contributed by atoms with Gasteiger partial charge in [-0.1, -0.05) is 15.9 Å². The maximum absolute atomic E-state index is 12.5.